The average molecular weight is 293 g/mol. The zero-order valence-corrected chi connectivity index (χ0v) is 12.5. The van der Waals surface area contributed by atoms with E-state index in [1.54, 1.807) is 32.0 Å². The van der Waals surface area contributed by atoms with Crippen LogP contribution in [-0.4, -0.2) is 37.0 Å². The van der Waals surface area contributed by atoms with Gasteiger partial charge in [0.15, 0.2) is 0 Å². The molecule has 0 aliphatic rings. The van der Waals surface area contributed by atoms with Crippen LogP contribution in [0.4, 0.5) is 0 Å². The maximum Gasteiger partial charge on any atom is 0.243 e. The van der Waals surface area contributed by atoms with Crippen LogP contribution in [0.3, 0.4) is 0 Å². The molecule has 0 bridgehead atoms. The van der Waals surface area contributed by atoms with Crippen LogP contribution in [0.5, 0.6) is 0 Å². The van der Waals surface area contributed by atoms with Crippen LogP contribution in [0.25, 0.3) is 10.8 Å². The number of sulfonamides is 1. The first-order valence-electron chi connectivity index (χ1n) is 6.58. The maximum absolute atomic E-state index is 12.6. The molecule has 0 aliphatic carbocycles. The Bertz CT molecular complexity index is 695. The molecular formula is C15H19NO3S. The number of rotatable bonds is 5. The maximum atomic E-state index is 12.6. The molecule has 0 radical (unpaired) electrons. The molecule has 0 spiro atoms. The van der Waals surface area contributed by atoms with Crippen molar-refractivity contribution in [1.82, 2.24) is 4.31 Å². The van der Waals surface area contributed by atoms with Crippen molar-refractivity contribution >= 4 is 20.8 Å². The molecule has 2 aromatic rings. The summed E-state index contributed by atoms with van der Waals surface area (Å²) in [6.45, 7) is 3.51. The van der Waals surface area contributed by atoms with Gasteiger partial charge < -0.3 is 5.11 Å². The number of benzene rings is 2. The molecule has 4 nitrogen and oxygen atoms in total. The normalized spacial score (nSPS) is 12.4. The first-order chi connectivity index (χ1) is 9.46. The molecule has 2 rings (SSSR count). The topological polar surface area (TPSA) is 57.6 Å². The molecule has 0 heterocycles. The van der Waals surface area contributed by atoms with Crippen LogP contribution in [0.2, 0.25) is 0 Å². The lowest BCUT2D eigenvalue weighted by Crippen LogP contribution is -2.38. The lowest BCUT2D eigenvalue weighted by Gasteiger charge is -2.25. The third-order valence-electron chi connectivity index (χ3n) is 3.22. The number of aliphatic hydroxyl groups is 1. The largest absolute Gasteiger partial charge is 0.395 e. The van der Waals surface area contributed by atoms with Crippen molar-refractivity contribution in [1.29, 1.82) is 0 Å². The highest BCUT2D eigenvalue weighted by molar-refractivity contribution is 7.89. The lowest BCUT2D eigenvalue weighted by atomic mass is 10.1. The fraction of sp³-hybridized carbons (Fsp3) is 0.333. The van der Waals surface area contributed by atoms with Gasteiger partial charge >= 0.3 is 0 Å². The highest BCUT2D eigenvalue weighted by atomic mass is 32.2. The number of aliphatic hydroxyl groups excluding tert-OH is 1. The van der Waals surface area contributed by atoms with Gasteiger partial charge in [-0.05, 0) is 36.8 Å². The van der Waals surface area contributed by atoms with Crippen LogP contribution >= 0.6 is 0 Å². The molecular weight excluding hydrogens is 274 g/mol. The van der Waals surface area contributed by atoms with Crippen molar-refractivity contribution in [2.24, 2.45) is 0 Å². The van der Waals surface area contributed by atoms with Crippen molar-refractivity contribution in [2.45, 2.75) is 24.8 Å². The predicted octanol–water partition coefficient (Wildman–Crippen LogP) is 2.23. The second kappa shape index (κ2) is 5.91. The summed E-state index contributed by atoms with van der Waals surface area (Å²) in [5.74, 6) is 0. The molecule has 2 aromatic carbocycles. The van der Waals surface area contributed by atoms with Gasteiger partial charge in [0.25, 0.3) is 0 Å². The summed E-state index contributed by atoms with van der Waals surface area (Å²) >= 11 is 0. The number of hydrogen-bond acceptors (Lipinski definition) is 3. The van der Waals surface area contributed by atoms with Crippen molar-refractivity contribution in [3.05, 3.63) is 42.5 Å². The third-order valence-corrected chi connectivity index (χ3v) is 5.30. The van der Waals surface area contributed by atoms with Gasteiger partial charge in [-0.1, -0.05) is 30.3 Å². The monoisotopic (exact) mass is 293 g/mol. The molecule has 0 fully saturated rings. The molecule has 0 unspecified atom stereocenters. The second-order valence-electron chi connectivity index (χ2n) is 4.94. The van der Waals surface area contributed by atoms with E-state index in [4.69, 9.17) is 5.11 Å². The van der Waals surface area contributed by atoms with Crippen LogP contribution in [-0.2, 0) is 10.0 Å². The van der Waals surface area contributed by atoms with Gasteiger partial charge in [0.1, 0.15) is 0 Å². The van der Waals surface area contributed by atoms with E-state index >= 15 is 0 Å². The standard InChI is InChI=1S/C15H19NO3S/c1-12(2)16(9-10-17)20(18,19)15-8-7-13-5-3-4-6-14(13)11-15/h3-8,11-12,17H,9-10H2,1-2H3. The minimum absolute atomic E-state index is 0.104. The van der Waals surface area contributed by atoms with Gasteiger partial charge in [-0.25, -0.2) is 8.42 Å². The molecule has 1 N–H and O–H groups in total. The first kappa shape index (κ1) is 15.0. The fourth-order valence-electron chi connectivity index (χ4n) is 2.22. The van der Waals surface area contributed by atoms with E-state index in [1.165, 1.54) is 4.31 Å². The summed E-state index contributed by atoms with van der Waals surface area (Å²) in [6, 6.07) is 12.5. The Kier molecular flexibility index (Phi) is 4.42. The summed E-state index contributed by atoms with van der Waals surface area (Å²) in [6.07, 6.45) is 0. The van der Waals surface area contributed by atoms with Crippen molar-refractivity contribution in [3.63, 3.8) is 0 Å². The molecule has 0 amide bonds. The Labute approximate surface area is 119 Å². The number of nitrogens with zero attached hydrogens (tertiary/aromatic N) is 1. The Morgan fingerprint density at radius 2 is 1.75 bits per heavy atom. The molecule has 0 atom stereocenters. The van der Waals surface area contributed by atoms with Gasteiger partial charge in [-0.15, -0.1) is 0 Å². The average Bonchev–Trinajstić information content (AvgIpc) is 2.43. The SMILES string of the molecule is CC(C)N(CCO)S(=O)(=O)c1ccc2ccccc2c1. The van der Waals surface area contributed by atoms with E-state index in [1.807, 2.05) is 24.3 Å². The molecule has 0 aliphatic heterocycles. The van der Waals surface area contributed by atoms with Crippen molar-refractivity contribution in [2.75, 3.05) is 13.2 Å². The molecule has 0 aromatic heterocycles. The van der Waals surface area contributed by atoms with Gasteiger partial charge in [0.05, 0.1) is 11.5 Å². The Morgan fingerprint density at radius 3 is 2.35 bits per heavy atom. The number of fused-ring (bicyclic) bond motifs is 1. The van der Waals surface area contributed by atoms with Gasteiger partial charge in [-0.3, -0.25) is 0 Å². The highest BCUT2D eigenvalue weighted by Crippen LogP contribution is 2.22. The Balaban J connectivity index is 2.50. The van der Waals surface area contributed by atoms with Gasteiger partial charge in [-0.2, -0.15) is 4.31 Å². The van der Waals surface area contributed by atoms with Crippen LogP contribution in [0.1, 0.15) is 13.8 Å². The molecule has 5 heteroatoms. The third kappa shape index (κ3) is 2.85. The Hall–Kier alpha value is -1.43. The molecule has 20 heavy (non-hydrogen) atoms. The van der Waals surface area contributed by atoms with Crippen molar-refractivity contribution in [3.8, 4) is 0 Å². The van der Waals surface area contributed by atoms with Crippen LogP contribution in [0, 0.1) is 0 Å². The zero-order chi connectivity index (χ0) is 14.8. The van der Waals surface area contributed by atoms with Gasteiger partial charge in [0.2, 0.25) is 10.0 Å². The van der Waals surface area contributed by atoms with Crippen LogP contribution in [0.15, 0.2) is 47.4 Å². The number of hydrogen-bond donors (Lipinski definition) is 1. The van der Waals surface area contributed by atoms with E-state index < -0.39 is 10.0 Å². The molecule has 108 valence electrons. The summed E-state index contributed by atoms with van der Waals surface area (Å²) in [5, 5.41) is 11.0. The smallest absolute Gasteiger partial charge is 0.243 e. The molecule has 0 saturated heterocycles. The van der Waals surface area contributed by atoms with Crippen molar-refractivity contribution < 1.29 is 13.5 Å². The second-order valence-corrected chi connectivity index (χ2v) is 6.83. The van der Waals surface area contributed by atoms with E-state index in [2.05, 4.69) is 0 Å². The van der Waals surface area contributed by atoms with E-state index in [9.17, 15) is 8.42 Å². The lowest BCUT2D eigenvalue weighted by molar-refractivity contribution is 0.236. The quantitative estimate of drug-likeness (QED) is 0.919. The zero-order valence-electron chi connectivity index (χ0n) is 11.7. The first-order valence-corrected chi connectivity index (χ1v) is 8.02. The summed E-state index contributed by atoms with van der Waals surface area (Å²) in [5.41, 5.74) is 0. The summed E-state index contributed by atoms with van der Waals surface area (Å²) in [4.78, 5) is 0.262. The van der Waals surface area contributed by atoms with E-state index in [0.717, 1.165) is 10.8 Å². The minimum atomic E-state index is -3.58. The fourth-order valence-corrected chi connectivity index (χ4v) is 3.88. The van der Waals surface area contributed by atoms with Crippen LogP contribution < -0.4 is 0 Å². The van der Waals surface area contributed by atoms with Gasteiger partial charge in [0, 0.05) is 12.6 Å². The van der Waals surface area contributed by atoms with E-state index in [-0.39, 0.29) is 24.1 Å². The summed E-state index contributed by atoms with van der Waals surface area (Å²) < 4.78 is 26.6. The highest BCUT2D eigenvalue weighted by Gasteiger charge is 2.26. The Morgan fingerprint density at radius 1 is 1.10 bits per heavy atom. The summed E-state index contributed by atoms with van der Waals surface area (Å²) in [7, 11) is -3.58. The molecule has 0 saturated carbocycles. The minimum Gasteiger partial charge on any atom is -0.395 e. The van der Waals surface area contributed by atoms with E-state index in [0.29, 0.717) is 0 Å². The predicted molar refractivity (Wildman–Crippen MR) is 80.1 cm³/mol.